The van der Waals surface area contributed by atoms with Crippen LogP contribution >= 0.6 is 0 Å². The summed E-state index contributed by atoms with van der Waals surface area (Å²) in [6, 6.07) is 0. The number of ether oxygens (including phenoxy) is 5. The third-order valence-corrected chi connectivity index (χ3v) is 2.76. The van der Waals surface area contributed by atoms with Crippen LogP contribution in [0.2, 0.25) is 0 Å². The predicted molar refractivity (Wildman–Crippen MR) is 51.4 cm³/mol. The maximum atomic E-state index is 5.78. The molecule has 2 aliphatic rings. The smallest absolute Gasteiger partial charge is 0.186 e. The fourth-order valence-corrected chi connectivity index (χ4v) is 2.10. The topological polar surface area (TPSA) is 46.2 Å². The summed E-state index contributed by atoms with van der Waals surface area (Å²) in [4.78, 5) is 0. The molecule has 4 atom stereocenters. The van der Waals surface area contributed by atoms with Crippen molar-refractivity contribution in [2.45, 2.75) is 44.2 Å². The average Bonchev–Trinajstić information content (AvgIpc) is 2.51. The summed E-state index contributed by atoms with van der Waals surface area (Å²) in [6.07, 6.45) is -0.807. The molecule has 0 aliphatic carbocycles. The minimum atomic E-state index is -0.601. The van der Waals surface area contributed by atoms with E-state index in [0.717, 1.165) is 0 Å². The summed E-state index contributed by atoms with van der Waals surface area (Å²) in [5, 5.41) is 0. The van der Waals surface area contributed by atoms with E-state index in [2.05, 4.69) is 0 Å². The number of hydrogen-bond acceptors (Lipinski definition) is 5. The molecule has 0 aromatic rings. The van der Waals surface area contributed by atoms with Gasteiger partial charge in [-0.15, -0.1) is 0 Å². The largest absolute Gasteiger partial charge is 0.376 e. The summed E-state index contributed by atoms with van der Waals surface area (Å²) in [7, 11) is 3.25. The van der Waals surface area contributed by atoms with Crippen LogP contribution in [0, 0.1) is 0 Å². The Kier molecular flexibility index (Phi) is 3.00. The Balaban J connectivity index is 2.14. The van der Waals surface area contributed by atoms with E-state index < -0.39 is 5.79 Å². The summed E-state index contributed by atoms with van der Waals surface area (Å²) < 4.78 is 27.5. The fraction of sp³-hybridized carbons (Fsp3) is 1.00. The van der Waals surface area contributed by atoms with Gasteiger partial charge in [-0.1, -0.05) is 0 Å². The van der Waals surface area contributed by atoms with Crippen LogP contribution in [0.5, 0.6) is 0 Å². The van der Waals surface area contributed by atoms with E-state index in [4.69, 9.17) is 23.7 Å². The minimum absolute atomic E-state index is 0.0943. The zero-order chi connectivity index (χ0) is 11.1. The van der Waals surface area contributed by atoms with Crippen molar-refractivity contribution in [1.82, 2.24) is 0 Å². The Bertz CT molecular complexity index is 208. The SMILES string of the molecule is CO[C@@H]1OC[C@@H](OC)[C@H]2OC(C)(C)O[C@@H]12. The van der Waals surface area contributed by atoms with Gasteiger partial charge in [0.05, 0.1) is 6.61 Å². The lowest BCUT2D eigenvalue weighted by Gasteiger charge is -2.35. The van der Waals surface area contributed by atoms with Crippen LogP contribution in [0.4, 0.5) is 0 Å². The molecule has 5 heteroatoms. The van der Waals surface area contributed by atoms with E-state index in [1.165, 1.54) is 0 Å². The summed E-state index contributed by atoms with van der Waals surface area (Å²) in [5.41, 5.74) is 0. The van der Waals surface area contributed by atoms with Gasteiger partial charge in [0, 0.05) is 14.2 Å². The lowest BCUT2D eigenvalue weighted by atomic mass is 10.1. The molecule has 0 saturated carbocycles. The molecular weight excluding hydrogens is 200 g/mol. The normalized spacial score (nSPS) is 44.0. The van der Waals surface area contributed by atoms with E-state index in [9.17, 15) is 0 Å². The zero-order valence-electron chi connectivity index (χ0n) is 9.56. The van der Waals surface area contributed by atoms with Crippen molar-refractivity contribution >= 4 is 0 Å². The standard InChI is InChI=1S/C10H18O5/c1-10(2)14-7-6(11-3)5-13-9(12-4)8(7)15-10/h6-9H,5H2,1-4H3/t6-,7-,8-,9-/m1/s1. The van der Waals surface area contributed by atoms with E-state index in [0.29, 0.717) is 6.61 Å². The molecule has 2 heterocycles. The van der Waals surface area contributed by atoms with Gasteiger partial charge in [-0.3, -0.25) is 0 Å². The Labute approximate surface area is 89.6 Å². The lowest BCUT2D eigenvalue weighted by Crippen LogP contribution is -2.52. The molecule has 2 aliphatic heterocycles. The van der Waals surface area contributed by atoms with Gasteiger partial charge >= 0.3 is 0 Å². The highest BCUT2D eigenvalue weighted by atomic mass is 16.8. The van der Waals surface area contributed by atoms with E-state index in [1.807, 2.05) is 13.8 Å². The maximum absolute atomic E-state index is 5.78. The van der Waals surface area contributed by atoms with Crippen molar-refractivity contribution in [3.05, 3.63) is 0 Å². The van der Waals surface area contributed by atoms with Crippen LogP contribution in [0.15, 0.2) is 0 Å². The van der Waals surface area contributed by atoms with Gasteiger partial charge in [0.15, 0.2) is 12.1 Å². The third kappa shape index (κ3) is 2.03. The van der Waals surface area contributed by atoms with E-state index in [-0.39, 0.29) is 24.6 Å². The van der Waals surface area contributed by atoms with Gasteiger partial charge in [-0.25, -0.2) is 0 Å². The van der Waals surface area contributed by atoms with Gasteiger partial charge in [0.25, 0.3) is 0 Å². The first kappa shape index (κ1) is 11.3. The zero-order valence-corrected chi connectivity index (χ0v) is 9.56. The highest BCUT2D eigenvalue weighted by molar-refractivity contribution is 4.92. The second-order valence-electron chi connectivity index (χ2n) is 4.28. The molecule has 0 radical (unpaired) electrons. The summed E-state index contributed by atoms with van der Waals surface area (Å²) in [5.74, 6) is -0.601. The molecule has 0 aromatic heterocycles. The van der Waals surface area contributed by atoms with Crippen LogP contribution in [-0.2, 0) is 23.7 Å². The van der Waals surface area contributed by atoms with Crippen LogP contribution < -0.4 is 0 Å². The Hall–Kier alpha value is -0.200. The molecule has 0 bridgehead atoms. The molecule has 0 unspecified atom stereocenters. The van der Waals surface area contributed by atoms with Crippen molar-refractivity contribution < 1.29 is 23.7 Å². The Morgan fingerprint density at radius 1 is 1.07 bits per heavy atom. The van der Waals surface area contributed by atoms with Crippen LogP contribution in [0.1, 0.15) is 13.8 Å². The van der Waals surface area contributed by atoms with Gasteiger partial charge in [0.2, 0.25) is 0 Å². The molecule has 0 spiro atoms. The van der Waals surface area contributed by atoms with Crippen molar-refractivity contribution in [3.63, 3.8) is 0 Å². The number of hydrogen-bond donors (Lipinski definition) is 0. The van der Waals surface area contributed by atoms with Crippen LogP contribution in [0.25, 0.3) is 0 Å². The molecule has 2 fully saturated rings. The molecule has 0 N–H and O–H groups in total. The molecule has 2 rings (SSSR count). The molecule has 15 heavy (non-hydrogen) atoms. The monoisotopic (exact) mass is 218 g/mol. The average molecular weight is 218 g/mol. The Morgan fingerprint density at radius 2 is 1.73 bits per heavy atom. The van der Waals surface area contributed by atoms with Crippen molar-refractivity contribution in [3.8, 4) is 0 Å². The molecule has 0 amide bonds. The van der Waals surface area contributed by atoms with Crippen molar-refractivity contribution in [2.75, 3.05) is 20.8 Å². The molecule has 2 saturated heterocycles. The van der Waals surface area contributed by atoms with Crippen LogP contribution in [-0.4, -0.2) is 51.2 Å². The lowest BCUT2D eigenvalue weighted by molar-refractivity contribution is -0.240. The molecule has 5 nitrogen and oxygen atoms in total. The maximum Gasteiger partial charge on any atom is 0.186 e. The fourth-order valence-electron chi connectivity index (χ4n) is 2.10. The van der Waals surface area contributed by atoms with Gasteiger partial charge < -0.3 is 23.7 Å². The van der Waals surface area contributed by atoms with Gasteiger partial charge in [-0.2, -0.15) is 0 Å². The summed E-state index contributed by atoms with van der Waals surface area (Å²) in [6.45, 7) is 4.23. The van der Waals surface area contributed by atoms with E-state index in [1.54, 1.807) is 14.2 Å². The number of rotatable bonds is 2. The minimum Gasteiger partial charge on any atom is -0.376 e. The molecule has 88 valence electrons. The molecule has 0 aromatic carbocycles. The number of fused-ring (bicyclic) bond motifs is 1. The van der Waals surface area contributed by atoms with Crippen molar-refractivity contribution in [2.24, 2.45) is 0 Å². The second kappa shape index (κ2) is 3.99. The predicted octanol–water partition coefficient (Wildman–Crippen LogP) is 0.524. The first-order valence-electron chi connectivity index (χ1n) is 5.10. The highest BCUT2D eigenvalue weighted by Gasteiger charge is 2.52. The second-order valence-corrected chi connectivity index (χ2v) is 4.28. The molecular formula is C10H18O5. The van der Waals surface area contributed by atoms with E-state index >= 15 is 0 Å². The third-order valence-electron chi connectivity index (χ3n) is 2.76. The first-order chi connectivity index (χ1) is 7.07. The quantitative estimate of drug-likeness (QED) is 0.676. The highest BCUT2D eigenvalue weighted by Crippen LogP contribution is 2.36. The van der Waals surface area contributed by atoms with Gasteiger partial charge in [0.1, 0.15) is 18.3 Å². The van der Waals surface area contributed by atoms with Crippen LogP contribution in [0.3, 0.4) is 0 Å². The van der Waals surface area contributed by atoms with Crippen molar-refractivity contribution in [1.29, 1.82) is 0 Å². The van der Waals surface area contributed by atoms with Gasteiger partial charge in [-0.05, 0) is 13.8 Å². The Morgan fingerprint density at radius 3 is 2.33 bits per heavy atom. The number of methoxy groups -OCH3 is 2. The summed E-state index contributed by atoms with van der Waals surface area (Å²) >= 11 is 0. The first-order valence-corrected chi connectivity index (χ1v) is 5.10.